The van der Waals surface area contributed by atoms with Crippen molar-refractivity contribution < 1.29 is 9.13 Å². The first-order chi connectivity index (χ1) is 15.5. The van der Waals surface area contributed by atoms with E-state index in [4.69, 9.17) is 16.3 Å². The van der Waals surface area contributed by atoms with Gasteiger partial charge in [-0.2, -0.15) is 0 Å². The molecular weight excluding hydrogens is 423 g/mol. The zero-order valence-electron chi connectivity index (χ0n) is 18.7. The average molecular weight is 453 g/mol. The maximum atomic E-state index is 14.4. The Morgan fingerprint density at radius 3 is 2.41 bits per heavy atom. The Labute approximate surface area is 195 Å². The molecule has 1 atom stereocenters. The Bertz CT molecular complexity index is 1050. The zero-order chi connectivity index (χ0) is 22.5. The smallest absolute Gasteiger partial charge is 0.165 e. The van der Waals surface area contributed by atoms with Crippen molar-refractivity contribution in [2.45, 2.75) is 26.4 Å². The molecule has 168 valence electrons. The number of nitrogens with zero attached hydrogens (tertiary/aromatic N) is 2. The van der Waals surface area contributed by atoms with E-state index >= 15 is 0 Å². The Balaban J connectivity index is 1.42. The molecule has 1 aliphatic rings. The lowest BCUT2D eigenvalue weighted by atomic mass is 10.0. The number of halogens is 2. The normalized spacial score (nSPS) is 15.6. The third kappa shape index (κ3) is 5.43. The van der Waals surface area contributed by atoms with E-state index in [-0.39, 0.29) is 11.9 Å². The highest BCUT2D eigenvalue weighted by Crippen LogP contribution is 2.30. The van der Waals surface area contributed by atoms with Gasteiger partial charge in [-0.15, -0.1) is 0 Å². The highest BCUT2D eigenvalue weighted by atomic mass is 35.5. The van der Waals surface area contributed by atoms with Gasteiger partial charge in [0.25, 0.3) is 0 Å². The minimum absolute atomic E-state index is 0.200. The van der Waals surface area contributed by atoms with E-state index in [1.165, 1.54) is 6.07 Å². The standard InChI is InChI=1S/C27H30ClFN2O/c1-20-11-12-24(29)27(19-20)32-26(22-8-4-3-7-21(22)2)13-14-30-15-17-31(18-16-30)25-10-6-5-9-23(25)28/h3-12,19,26H,13-18H2,1-2H3/t26-/m1/s1. The molecule has 0 saturated carbocycles. The summed E-state index contributed by atoms with van der Waals surface area (Å²) in [6.45, 7) is 8.73. The number of rotatable bonds is 7. The Kier molecular flexibility index (Phi) is 7.33. The molecule has 0 bridgehead atoms. The van der Waals surface area contributed by atoms with Gasteiger partial charge < -0.3 is 9.64 Å². The second-order valence-electron chi connectivity index (χ2n) is 8.47. The predicted molar refractivity (Wildman–Crippen MR) is 130 cm³/mol. The molecule has 1 heterocycles. The molecule has 1 fully saturated rings. The van der Waals surface area contributed by atoms with E-state index in [1.54, 1.807) is 12.1 Å². The van der Waals surface area contributed by atoms with Crippen LogP contribution < -0.4 is 9.64 Å². The third-order valence-corrected chi connectivity index (χ3v) is 6.48. The lowest BCUT2D eigenvalue weighted by Crippen LogP contribution is -2.47. The maximum absolute atomic E-state index is 14.4. The second-order valence-corrected chi connectivity index (χ2v) is 8.87. The summed E-state index contributed by atoms with van der Waals surface area (Å²) < 4.78 is 20.7. The highest BCUT2D eigenvalue weighted by molar-refractivity contribution is 6.33. The van der Waals surface area contributed by atoms with Crippen LogP contribution in [0.1, 0.15) is 29.2 Å². The van der Waals surface area contributed by atoms with Crippen LogP contribution >= 0.6 is 11.6 Å². The van der Waals surface area contributed by atoms with Crippen molar-refractivity contribution in [3.63, 3.8) is 0 Å². The van der Waals surface area contributed by atoms with Crippen LogP contribution in [-0.2, 0) is 0 Å². The van der Waals surface area contributed by atoms with Crippen molar-refractivity contribution in [1.82, 2.24) is 4.90 Å². The van der Waals surface area contributed by atoms with Crippen molar-refractivity contribution in [2.75, 3.05) is 37.6 Å². The molecule has 3 aromatic carbocycles. The summed E-state index contributed by atoms with van der Waals surface area (Å²) in [5, 5.41) is 0.800. The van der Waals surface area contributed by atoms with Crippen molar-refractivity contribution >= 4 is 17.3 Å². The van der Waals surface area contributed by atoms with Gasteiger partial charge in [0.2, 0.25) is 0 Å². The van der Waals surface area contributed by atoms with Crippen LogP contribution in [0.4, 0.5) is 10.1 Å². The number of hydrogen-bond acceptors (Lipinski definition) is 3. The van der Waals surface area contributed by atoms with Crippen LogP contribution in [0.2, 0.25) is 5.02 Å². The van der Waals surface area contributed by atoms with Crippen molar-refractivity contribution in [3.05, 3.63) is 94.3 Å². The Morgan fingerprint density at radius 1 is 0.938 bits per heavy atom. The molecule has 0 radical (unpaired) electrons. The molecule has 0 unspecified atom stereocenters. The summed E-state index contributed by atoms with van der Waals surface area (Å²) in [5.74, 6) is 0.00401. The first-order valence-electron chi connectivity index (χ1n) is 11.2. The van der Waals surface area contributed by atoms with E-state index in [9.17, 15) is 4.39 Å². The molecule has 0 aromatic heterocycles. The minimum Gasteiger partial charge on any atom is -0.483 e. The van der Waals surface area contributed by atoms with Crippen molar-refractivity contribution in [2.24, 2.45) is 0 Å². The number of hydrogen-bond donors (Lipinski definition) is 0. The van der Waals surface area contributed by atoms with Crippen LogP contribution in [0.15, 0.2) is 66.7 Å². The molecule has 0 spiro atoms. The number of para-hydroxylation sites is 1. The largest absolute Gasteiger partial charge is 0.483 e. The summed E-state index contributed by atoms with van der Waals surface area (Å²) in [7, 11) is 0. The van der Waals surface area contributed by atoms with E-state index < -0.39 is 0 Å². The summed E-state index contributed by atoms with van der Waals surface area (Å²) in [5.41, 5.74) is 4.36. The predicted octanol–water partition coefficient (Wildman–Crippen LogP) is 6.43. The molecule has 0 N–H and O–H groups in total. The van der Waals surface area contributed by atoms with Gasteiger partial charge in [-0.1, -0.05) is 54.1 Å². The molecule has 1 aliphatic heterocycles. The number of benzene rings is 3. The Hall–Kier alpha value is -2.56. The summed E-state index contributed by atoms with van der Waals surface area (Å²) >= 11 is 6.38. The SMILES string of the molecule is Cc1ccc(F)c(O[C@H](CCN2CCN(c3ccccc3Cl)CC2)c2ccccc2C)c1. The molecule has 32 heavy (non-hydrogen) atoms. The van der Waals surface area contributed by atoms with Gasteiger partial charge in [-0.05, 0) is 54.8 Å². The van der Waals surface area contributed by atoms with Gasteiger partial charge in [-0.25, -0.2) is 4.39 Å². The molecule has 0 aliphatic carbocycles. The minimum atomic E-state index is -0.317. The van der Waals surface area contributed by atoms with Gasteiger partial charge in [0, 0.05) is 39.1 Å². The number of piperazine rings is 1. The third-order valence-electron chi connectivity index (χ3n) is 6.16. The molecule has 4 rings (SSSR count). The molecule has 0 amide bonds. The lowest BCUT2D eigenvalue weighted by Gasteiger charge is -2.37. The Morgan fingerprint density at radius 2 is 1.66 bits per heavy atom. The van der Waals surface area contributed by atoms with Crippen molar-refractivity contribution in [1.29, 1.82) is 0 Å². The quantitative estimate of drug-likeness (QED) is 0.411. The number of aryl methyl sites for hydroxylation is 2. The lowest BCUT2D eigenvalue weighted by molar-refractivity contribution is 0.154. The summed E-state index contributed by atoms with van der Waals surface area (Å²) in [6.07, 6.45) is 0.596. The van der Waals surface area contributed by atoms with E-state index in [2.05, 4.69) is 34.9 Å². The van der Waals surface area contributed by atoms with Crippen LogP contribution in [-0.4, -0.2) is 37.6 Å². The first kappa shape index (κ1) is 22.6. The van der Waals surface area contributed by atoms with Crippen molar-refractivity contribution in [3.8, 4) is 5.75 Å². The summed E-state index contributed by atoms with van der Waals surface area (Å²) in [6, 6.07) is 21.3. The topological polar surface area (TPSA) is 15.7 Å². The van der Waals surface area contributed by atoms with Crippen LogP contribution in [0.3, 0.4) is 0 Å². The van der Waals surface area contributed by atoms with Crippen LogP contribution in [0, 0.1) is 19.7 Å². The molecule has 1 saturated heterocycles. The fraction of sp³-hybridized carbons (Fsp3) is 0.333. The fourth-order valence-corrected chi connectivity index (χ4v) is 4.56. The highest BCUT2D eigenvalue weighted by Gasteiger charge is 2.22. The van der Waals surface area contributed by atoms with Gasteiger partial charge in [-0.3, -0.25) is 4.90 Å². The number of anilines is 1. The molecular formula is C27H30ClFN2O. The second kappa shape index (κ2) is 10.4. The zero-order valence-corrected chi connectivity index (χ0v) is 19.5. The fourth-order valence-electron chi connectivity index (χ4n) is 4.30. The molecule has 5 heteroatoms. The molecule has 3 nitrogen and oxygen atoms in total. The van der Waals surface area contributed by atoms with Crippen LogP contribution in [0.25, 0.3) is 0 Å². The maximum Gasteiger partial charge on any atom is 0.165 e. The van der Waals surface area contributed by atoms with Gasteiger partial charge >= 0.3 is 0 Å². The first-order valence-corrected chi connectivity index (χ1v) is 11.6. The monoisotopic (exact) mass is 452 g/mol. The van der Waals surface area contributed by atoms with Crippen LogP contribution in [0.5, 0.6) is 5.75 Å². The van der Waals surface area contributed by atoms with Gasteiger partial charge in [0.1, 0.15) is 6.10 Å². The van der Waals surface area contributed by atoms with E-state index in [0.29, 0.717) is 5.75 Å². The van der Waals surface area contributed by atoms with Gasteiger partial charge in [0.15, 0.2) is 11.6 Å². The molecule has 3 aromatic rings. The average Bonchev–Trinajstić information content (AvgIpc) is 2.80. The van der Waals surface area contributed by atoms with E-state index in [0.717, 1.165) is 66.5 Å². The summed E-state index contributed by atoms with van der Waals surface area (Å²) in [4.78, 5) is 4.80. The number of ether oxygens (including phenoxy) is 1. The van der Waals surface area contributed by atoms with Gasteiger partial charge in [0.05, 0.1) is 10.7 Å². The van der Waals surface area contributed by atoms with E-state index in [1.807, 2.05) is 37.3 Å².